The van der Waals surface area contributed by atoms with Crippen LogP contribution in [0.15, 0.2) is 60.7 Å². The fourth-order valence-electron chi connectivity index (χ4n) is 4.76. The van der Waals surface area contributed by atoms with Crippen LogP contribution in [0.25, 0.3) is 0 Å². The quantitative estimate of drug-likeness (QED) is 0.0742. The van der Waals surface area contributed by atoms with Gasteiger partial charge in [-0.1, -0.05) is 74.5 Å². The van der Waals surface area contributed by atoms with Crippen LogP contribution in [0.2, 0.25) is 6.32 Å². The first-order valence-electron chi connectivity index (χ1n) is 15.6. The van der Waals surface area contributed by atoms with E-state index < -0.39 is 54.9 Å². The Morgan fingerprint density at radius 2 is 1.27 bits per heavy atom. The lowest BCUT2D eigenvalue weighted by molar-refractivity contribution is -0.134. The van der Waals surface area contributed by atoms with Crippen LogP contribution in [0.3, 0.4) is 0 Å². The van der Waals surface area contributed by atoms with E-state index in [0.29, 0.717) is 25.8 Å². The van der Waals surface area contributed by atoms with Gasteiger partial charge in [-0.05, 0) is 62.0 Å². The second kappa shape index (κ2) is 20.3. The Bertz CT molecular complexity index is 1190. The maximum atomic E-state index is 13.7. The van der Waals surface area contributed by atoms with Crippen molar-refractivity contribution in [2.75, 3.05) is 13.1 Å². The molecule has 4 atom stereocenters. The second-order valence-corrected chi connectivity index (χ2v) is 11.6. The van der Waals surface area contributed by atoms with E-state index in [1.165, 1.54) is 0 Å². The van der Waals surface area contributed by atoms with Crippen LogP contribution < -0.4 is 32.7 Å². The normalized spacial score (nSPS) is 13.7. The molecule has 4 amide bonds. The van der Waals surface area contributed by atoms with Gasteiger partial charge in [0.15, 0.2) is 0 Å². The molecule has 0 saturated heterocycles. The monoisotopic (exact) mass is 624 g/mol. The van der Waals surface area contributed by atoms with E-state index >= 15 is 0 Å². The Labute approximate surface area is 266 Å². The maximum Gasteiger partial charge on any atom is 0.453 e. The third kappa shape index (κ3) is 14.7. The molecule has 0 fully saturated rings. The van der Waals surface area contributed by atoms with E-state index in [-0.39, 0.29) is 38.0 Å². The molecule has 0 aliphatic heterocycles. The van der Waals surface area contributed by atoms with Crippen LogP contribution in [0.4, 0.5) is 0 Å². The van der Waals surface area contributed by atoms with Crippen molar-refractivity contribution in [3.8, 4) is 0 Å². The Hall–Kier alpha value is -3.78. The molecule has 0 radical (unpaired) electrons. The summed E-state index contributed by atoms with van der Waals surface area (Å²) in [4.78, 5) is 53.3. The zero-order chi connectivity index (χ0) is 33.2. The maximum absolute atomic E-state index is 13.7. The van der Waals surface area contributed by atoms with Gasteiger partial charge in [0.25, 0.3) is 0 Å². The molecule has 0 spiro atoms. The van der Waals surface area contributed by atoms with Crippen molar-refractivity contribution in [3.63, 3.8) is 0 Å². The molecule has 246 valence electrons. The number of unbranched alkanes of at least 4 members (excludes halogenated alkanes) is 1. The molecule has 0 bridgehead atoms. The van der Waals surface area contributed by atoms with E-state index in [1.54, 1.807) is 0 Å². The van der Waals surface area contributed by atoms with E-state index in [4.69, 9.17) is 21.5 Å². The minimum atomic E-state index is -1.57. The molecule has 2 rings (SSSR count). The molecule has 0 aliphatic carbocycles. The van der Waals surface area contributed by atoms with Crippen LogP contribution in [0.1, 0.15) is 50.7 Å². The molecule has 45 heavy (non-hydrogen) atoms. The number of carbonyl (C=O) groups excluding carboxylic acids is 4. The van der Waals surface area contributed by atoms with Gasteiger partial charge in [0.1, 0.15) is 18.1 Å². The average Bonchev–Trinajstić information content (AvgIpc) is 3.00. The molecule has 13 heteroatoms. The number of amides is 4. The van der Waals surface area contributed by atoms with Gasteiger partial charge in [-0.2, -0.15) is 0 Å². The van der Waals surface area contributed by atoms with Gasteiger partial charge in [0, 0.05) is 13.0 Å². The van der Waals surface area contributed by atoms with Gasteiger partial charge in [-0.3, -0.25) is 19.2 Å². The zero-order valence-corrected chi connectivity index (χ0v) is 26.3. The summed E-state index contributed by atoms with van der Waals surface area (Å²) in [5.41, 5.74) is 13.5. The van der Waals surface area contributed by atoms with Crippen molar-refractivity contribution in [2.45, 2.75) is 82.9 Å². The third-order valence-corrected chi connectivity index (χ3v) is 7.17. The Kier molecular flexibility index (Phi) is 16.9. The van der Waals surface area contributed by atoms with E-state index in [1.807, 2.05) is 74.5 Å². The van der Waals surface area contributed by atoms with Crippen LogP contribution in [0, 0.1) is 5.92 Å². The predicted octanol–water partition coefficient (Wildman–Crippen LogP) is 0.0176. The summed E-state index contributed by atoms with van der Waals surface area (Å²) in [7, 11) is -1.57. The molecule has 12 nitrogen and oxygen atoms in total. The lowest BCUT2D eigenvalue weighted by atomic mass is 9.86. The highest BCUT2D eigenvalue weighted by atomic mass is 16.4. The summed E-state index contributed by atoms with van der Waals surface area (Å²) < 4.78 is 0. The van der Waals surface area contributed by atoms with Crippen molar-refractivity contribution in [1.82, 2.24) is 21.3 Å². The number of hydrogen-bond acceptors (Lipinski definition) is 8. The van der Waals surface area contributed by atoms with Crippen molar-refractivity contribution in [1.29, 1.82) is 0 Å². The number of hydrogen-bond donors (Lipinski definition) is 8. The summed E-state index contributed by atoms with van der Waals surface area (Å²) in [6.07, 6.45) is 2.21. The van der Waals surface area contributed by atoms with Crippen molar-refractivity contribution in [3.05, 3.63) is 71.8 Å². The summed E-state index contributed by atoms with van der Waals surface area (Å²) >= 11 is 0. The number of benzene rings is 2. The molecule has 0 heterocycles. The number of carbonyl (C=O) groups is 4. The molecule has 0 saturated carbocycles. The van der Waals surface area contributed by atoms with Gasteiger partial charge in [-0.15, -0.1) is 0 Å². The molecule has 0 unspecified atom stereocenters. The average molecular weight is 625 g/mol. The largest absolute Gasteiger partial charge is 0.453 e. The Morgan fingerprint density at radius 1 is 0.733 bits per heavy atom. The number of nitrogens with two attached hydrogens (primary N) is 2. The molecular weight excluding hydrogens is 575 g/mol. The van der Waals surface area contributed by atoms with Crippen LogP contribution >= 0.6 is 0 Å². The number of nitrogens with one attached hydrogen (secondary N) is 4. The van der Waals surface area contributed by atoms with Crippen molar-refractivity contribution < 1.29 is 29.2 Å². The molecule has 2 aromatic carbocycles. The lowest BCUT2D eigenvalue weighted by Gasteiger charge is -2.27. The molecule has 0 aliphatic rings. The van der Waals surface area contributed by atoms with Crippen LogP contribution in [0.5, 0.6) is 0 Å². The minimum Gasteiger partial charge on any atom is -0.427 e. The van der Waals surface area contributed by atoms with Crippen LogP contribution in [-0.4, -0.2) is 78.1 Å². The summed E-state index contributed by atoms with van der Waals surface area (Å²) in [5, 5.41) is 29.2. The second-order valence-electron chi connectivity index (χ2n) is 11.6. The predicted molar refractivity (Wildman–Crippen MR) is 174 cm³/mol. The molecular formula is C32H49BN6O6. The minimum absolute atomic E-state index is 0.0121. The Balaban J connectivity index is 2.20. The van der Waals surface area contributed by atoms with Gasteiger partial charge in [-0.25, -0.2) is 0 Å². The standard InChI is InChI=1S/C32H49BN6O6/c1-22(2)19-27(31(42)37-26(15-9-10-17-34)30(41)36-18-16-33(44)45)39-32(43)28(21-24-13-7-4-8-14-24)38-29(40)25(35)20-23-11-5-3-6-12-23/h3-8,11-14,22,25-28,44-45H,9-10,15-21,34-35H2,1-2H3,(H,36,41)(H,37,42)(H,38,40)(H,39,43)/t25-,26-,27-,28-/m1/s1. The highest BCUT2D eigenvalue weighted by Crippen LogP contribution is 2.10. The smallest absolute Gasteiger partial charge is 0.427 e. The Morgan fingerprint density at radius 3 is 1.82 bits per heavy atom. The highest BCUT2D eigenvalue weighted by Gasteiger charge is 2.31. The summed E-state index contributed by atoms with van der Waals surface area (Å²) in [6.45, 7) is 4.25. The summed E-state index contributed by atoms with van der Waals surface area (Å²) in [5.74, 6) is -2.06. The molecule has 10 N–H and O–H groups in total. The fourth-order valence-corrected chi connectivity index (χ4v) is 4.76. The van der Waals surface area contributed by atoms with Gasteiger partial charge < -0.3 is 42.8 Å². The van der Waals surface area contributed by atoms with Crippen LogP contribution in [-0.2, 0) is 32.0 Å². The van der Waals surface area contributed by atoms with Gasteiger partial charge in [0.05, 0.1) is 6.04 Å². The topological polar surface area (TPSA) is 209 Å². The zero-order valence-electron chi connectivity index (χ0n) is 26.3. The lowest BCUT2D eigenvalue weighted by Crippen LogP contribution is -2.58. The molecule has 2 aromatic rings. The first kappa shape index (κ1) is 37.4. The third-order valence-electron chi connectivity index (χ3n) is 7.17. The van der Waals surface area contributed by atoms with Crippen molar-refractivity contribution >= 4 is 30.7 Å². The fraction of sp³-hybridized carbons (Fsp3) is 0.500. The number of rotatable bonds is 20. The van der Waals surface area contributed by atoms with Gasteiger partial charge in [0.2, 0.25) is 23.6 Å². The van der Waals surface area contributed by atoms with Crippen molar-refractivity contribution in [2.24, 2.45) is 17.4 Å². The van der Waals surface area contributed by atoms with E-state index in [2.05, 4.69) is 21.3 Å². The summed E-state index contributed by atoms with van der Waals surface area (Å²) in [6, 6.07) is 14.7. The first-order chi connectivity index (χ1) is 21.5. The first-order valence-corrected chi connectivity index (χ1v) is 15.6. The van der Waals surface area contributed by atoms with E-state index in [0.717, 1.165) is 11.1 Å². The molecule has 0 aromatic heterocycles. The highest BCUT2D eigenvalue weighted by molar-refractivity contribution is 6.41. The SMILES string of the molecule is CC(C)C[C@@H](NC(=O)[C@@H](Cc1ccccc1)NC(=O)[C@H](N)Cc1ccccc1)C(=O)N[C@H](CCCCN)C(=O)NCCB(O)O. The van der Waals surface area contributed by atoms with Gasteiger partial charge >= 0.3 is 7.12 Å². The van der Waals surface area contributed by atoms with E-state index in [9.17, 15) is 19.2 Å².